The number of benzene rings is 2. The van der Waals surface area contributed by atoms with Gasteiger partial charge in [-0.2, -0.15) is 0 Å². The number of fused-ring (bicyclic) bond motifs is 1. The van der Waals surface area contributed by atoms with E-state index < -0.39 is 58.4 Å². The van der Waals surface area contributed by atoms with Crippen LogP contribution < -0.4 is 10.6 Å². The molecule has 2 aromatic carbocycles. The van der Waals surface area contributed by atoms with E-state index in [0.29, 0.717) is 30.1 Å². The highest BCUT2D eigenvalue weighted by molar-refractivity contribution is 6.38. The molecule has 0 radical (unpaired) electrons. The van der Waals surface area contributed by atoms with Crippen LogP contribution in [-0.2, 0) is 35.4 Å². The van der Waals surface area contributed by atoms with E-state index in [9.17, 15) is 24.0 Å². The maximum atomic E-state index is 14.6. The predicted molar refractivity (Wildman–Crippen MR) is 189 cm³/mol. The number of aromatic nitrogens is 2. The quantitative estimate of drug-likeness (QED) is 0.264. The summed E-state index contributed by atoms with van der Waals surface area (Å²) in [6, 6.07) is 11.7. The van der Waals surface area contributed by atoms with Gasteiger partial charge in [0.15, 0.2) is 11.4 Å². The molecule has 1 spiro atoms. The van der Waals surface area contributed by atoms with E-state index >= 15 is 0 Å². The summed E-state index contributed by atoms with van der Waals surface area (Å²) >= 11 is 6.24. The van der Waals surface area contributed by atoms with Gasteiger partial charge < -0.3 is 24.9 Å². The van der Waals surface area contributed by atoms with Gasteiger partial charge in [-0.05, 0) is 36.1 Å². The van der Waals surface area contributed by atoms with Crippen molar-refractivity contribution in [1.82, 2.24) is 25.1 Å². The standard InChI is InChI=1S/C37H45ClN6O6/c1-7-11-27(31(46)23(3)45)40-34(48)30-18-37(17-28(42-50-37)24-12-10-13-25(38)16-24)20-44(30)35(49)32(36(4,5)6)41-33(47)22(2)19-43-21-39-26-14-8-9-15-29(26)43/h8-10,12-16,21-22,27,30,32H,7,11,17-20H2,1-6H3,(H,40,48)(H,41,47)/t22?,27-,30-,32+,37+/m0/s1. The summed E-state index contributed by atoms with van der Waals surface area (Å²) in [6.07, 6.45) is 2.89. The second kappa shape index (κ2) is 14.7. The highest BCUT2D eigenvalue weighted by Crippen LogP contribution is 2.40. The minimum Gasteiger partial charge on any atom is -0.387 e. The van der Waals surface area contributed by atoms with E-state index in [2.05, 4.69) is 20.8 Å². The summed E-state index contributed by atoms with van der Waals surface area (Å²) in [4.78, 5) is 79.0. The molecule has 13 heteroatoms. The summed E-state index contributed by atoms with van der Waals surface area (Å²) in [7, 11) is 0. The van der Waals surface area contributed by atoms with Crippen LogP contribution in [0.2, 0.25) is 5.02 Å². The van der Waals surface area contributed by atoms with Crippen LogP contribution in [0.4, 0.5) is 0 Å². The van der Waals surface area contributed by atoms with E-state index in [1.807, 2.05) is 62.6 Å². The van der Waals surface area contributed by atoms with Gasteiger partial charge in [0.05, 0.1) is 41.6 Å². The largest absolute Gasteiger partial charge is 0.387 e. The number of nitrogens with one attached hydrogen (secondary N) is 2. The Morgan fingerprint density at radius 2 is 1.82 bits per heavy atom. The number of rotatable bonds is 12. The fourth-order valence-corrected chi connectivity index (χ4v) is 6.85. The second-order valence-electron chi connectivity index (χ2n) is 14.6. The maximum Gasteiger partial charge on any atom is 0.246 e. The lowest BCUT2D eigenvalue weighted by molar-refractivity contribution is -0.145. The molecule has 12 nitrogen and oxygen atoms in total. The molecule has 1 aromatic heterocycles. The highest BCUT2D eigenvalue weighted by atomic mass is 35.5. The topological polar surface area (TPSA) is 152 Å². The van der Waals surface area contributed by atoms with Crippen molar-refractivity contribution in [3.8, 4) is 0 Å². The fourth-order valence-electron chi connectivity index (χ4n) is 6.66. The zero-order valence-electron chi connectivity index (χ0n) is 29.4. The Morgan fingerprint density at radius 1 is 1.08 bits per heavy atom. The van der Waals surface area contributed by atoms with Crippen LogP contribution in [0.3, 0.4) is 0 Å². The first-order valence-corrected chi connectivity index (χ1v) is 17.4. The number of ketones is 2. The summed E-state index contributed by atoms with van der Waals surface area (Å²) in [5.74, 6) is -3.26. The van der Waals surface area contributed by atoms with Crippen LogP contribution >= 0.6 is 11.6 Å². The molecular weight excluding hydrogens is 660 g/mol. The van der Waals surface area contributed by atoms with Gasteiger partial charge in [0.25, 0.3) is 0 Å². The van der Waals surface area contributed by atoms with E-state index in [0.717, 1.165) is 16.6 Å². The van der Waals surface area contributed by atoms with Crippen molar-refractivity contribution in [2.75, 3.05) is 6.54 Å². The van der Waals surface area contributed by atoms with E-state index in [4.69, 9.17) is 16.4 Å². The Hall–Kier alpha value is -4.58. The number of hydrogen-bond donors (Lipinski definition) is 2. The summed E-state index contributed by atoms with van der Waals surface area (Å²) < 4.78 is 1.90. The summed E-state index contributed by atoms with van der Waals surface area (Å²) in [6.45, 7) is 10.7. The number of carbonyl (C=O) groups is 5. The van der Waals surface area contributed by atoms with E-state index in [-0.39, 0.29) is 25.3 Å². The minimum absolute atomic E-state index is 0.00954. The molecule has 1 unspecified atom stereocenters. The first-order valence-electron chi connectivity index (χ1n) is 17.0. The average molecular weight is 705 g/mol. The molecule has 2 aliphatic rings. The molecule has 0 saturated carbocycles. The molecule has 3 aromatic rings. The number of amides is 3. The van der Waals surface area contributed by atoms with Crippen molar-refractivity contribution in [3.05, 3.63) is 65.4 Å². The van der Waals surface area contributed by atoms with Crippen LogP contribution in [0.1, 0.15) is 72.8 Å². The average Bonchev–Trinajstić information content (AvgIpc) is 3.79. The van der Waals surface area contributed by atoms with Gasteiger partial charge in [-0.25, -0.2) is 4.98 Å². The lowest BCUT2D eigenvalue weighted by Gasteiger charge is -2.36. The molecule has 50 heavy (non-hydrogen) atoms. The number of oxime groups is 1. The Bertz CT molecular complexity index is 1830. The zero-order valence-corrected chi connectivity index (χ0v) is 30.1. The fraction of sp³-hybridized carbons (Fsp3) is 0.486. The third-order valence-electron chi connectivity index (χ3n) is 9.39. The molecule has 1 fully saturated rings. The molecule has 266 valence electrons. The van der Waals surface area contributed by atoms with Crippen molar-refractivity contribution in [3.63, 3.8) is 0 Å². The first-order chi connectivity index (χ1) is 23.6. The third-order valence-corrected chi connectivity index (χ3v) is 9.62. The van der Waals surface area contributed by atoms with Crippen LogP contribution in [0.25, 0.3) is 11.0 Å². The Kier molecular flexibility index (Phi) is 10.8. The van der Waals surface area contributed by atoms with Crippen molar-refractivity contribution in [1.29, 1.82) is 0 Å². The van der Waals surface area contributed by atoms with Gasteiger partial charge in [-0.15, -0.1) is 0 Å². The predicted octanol–water partition coefficient (Wildman–Crippen LogP) is 4.46. The minimum atomic E-state index is -1.06. The lowest BCUT2D eigenvalue weighted by Crippen LogP contribution is -2.59. The Balaban J connectivity index is 1.40. The molecule has 2 aliphatic heterocycles. The monoisotopic (exact) mass is 704 g/mol. The number of para-hydroxylation sites is 2. The number of carbonyl (C=O) groups excluding carboxylic acids is 5. The highest BCUT2D eigenvalue weighted by Gasteiger charge is 2.55. The lowest BCUT2D eigenvalue weighted by atomic mass is 9.85. The smallest absolute Gasteiger partial charge is 0.246 e. The molecule has 0 bridgehead atoms. The number of hydrogen-bond acceptors (Lipinski definition) is 8. The number of halogens is 1. The second-order valence-corrected chi connectivity index (χ2v) is 15.0. The molecule has 2 N–H and O–H groups in total. The number of imidazole rings is 1. The molecule has 3 heterocycles. The molecule has 0 aliphatic carbocycles. The van der Waals surface area contributed by atoms with Gasteiger partial charge >= 0.3 is 0 Å². The van der Waals surface area contributed by atoms with Gasteiger partial charge in [0.1, 0.15) is 12.1 Å². The Morgan fingerprint density at radius 3 is 2.50 bits per heavy atom. The summed E-state index contributed by atoms with van der Waals surface area (Å²) in [5, 5.41) is 10.6. The number of nitrogens with zero attached hydrogens (tertiary/aromatic N) is 4. The number of Topliss-reactive ketones (excluding diaryl/α,β-unsaturated/α-hetero) is 2. The van der Waals surface area contributed by atoms with E-state index in [1.54, 1.807) is 31.5 Å². The maximum absolute atomic E-state index is 14.6. The van der Waals surface area contributed by atoms with Gasteiger partial charge in [0, 0.05) is 36.9 Å². The van der Waals surface area contributed by atoms with Crippen molar-refractivity contribution in [2.24, 2.45) is 16.5 Å². The summed E-state index contributed by atoms with van der Waals surface area (Å²) in [5.41, 5.74) is 1.31. The van der Waals surface area contributed by atoms with Crippen molar-refractivity contribution >= 4 is 57.6 Å². The first kappa shape index (κ1) is 36.7. The van der Waals surface area contributed by atoms with E-state index in [1.165, 1.54) is 11.8 Å². The van der Waals surface area contributed by atoms with Gasteiger partial charge in [0.2, 0.25) is 23.5 Å². The molecule has 5 rings (SSSR count). The molecule has 3 amide bonds. The zero-order chi connectivity index (χ0) is 36.4. The van der Waals surface area contributed by atoms with Crippen LogP contribution in [0.15, 0.2) is 60.0 Å². The number of likely N-dealkylation sites (tertiary alicyclic amines) is 1. The normalized spacial score (nSPS) is 20.6. The van der Waals surface area contributed by atoms with Crippen molar-refractivity contribution < 1.29 is 28.8 Å². The molecule has 1 saturated heterocycles. The van der Waals surface area contributed by atoms with Crippen molar-refractivity contribution in [2.45, 2.75) is 97.5 Å². The SMILES string of the molecule is CCC[C@H](NC(=O)[C@@H]1C[C@]2(CC(c3cccc(Cl)c3)=NO2)CN1C(=O)[C@@H](NC(=O)C(C)Cn1cnc2ccccc21)C(C)(C)C)C(=O)C(C)=O. The van der Waals surface area contributed by atoms with Crippen LogP contribution in [0, 0.1) is 11.3 Å². The molecule has 5 atom stereocenters. The van der Waals surface area contributed by atoms with Crippen LogP contribution in [0.5, 0.6) is 0 Å². The van der Waals surface area contributed by atoms with Gasteiger partial charge in [-0.3, -0.25) is 24.0 Å². The van der Waals surface area contributed by atoms with Crippen LogP contribution in [-0.4, -0.2) is 79.7 Å². The third kappa shape index (κ3) is 7.90. The Labute approximate surface area is 296 Å². The molecular formula is C37H45ClN6O6. The van der Waals surface area contributed by atoms with Gasteiger partial charge in [-0.1, -0.05) is 82.1 Å².